The van der Waals surface area contributed by atoms with Gasteiger partial charge >= 0.3 is 5.97 Å². The Morgan fingerprint density at radius 2 is 1.78 bits per heavy atom. The number of carbonyl (C=O) groups excluding carboxylic acids is 1. The molecule has 1 N–H and O–H groups in total. The monoisotopic (exact) mass is 386 g/mol. The summed E-state index contributed by atoms with van der Waals surface area (Å²) in [7, 11) is -3.63. The molecule has 7 nitrogen and oxygen atoms in total. The number of hydrogen-bond donors (Lipinski definition) is 1. The van der Waals surface area contributed by atoms with Crippen LogP contribution >= 0.6 is 0 Å². The van der Waals surface area contributed by atoms with Crippen molar-refractivity contribution >= 4 is 16.0 Å². The van der Waals surface area contributed by atoms with Gasteiger partial charge in [-0.15, -0.1) is 6.58 Å². The molecule has 0 heterocycles. The van der Waals surface area contributed by atoms with Crippen LogP contribution in [0.3, 0.4) is 0 Å². The van der Waals surface area contributed by atoms with Crippen LogP contribution in [-0.2, 0) is 14.8 Å². The highest BCUT2D eigenvalue weighted by molar-refractivity contribution is 7.89. The Hall–Kier alpha value is -3.15. The number of nitrogens with one attached hydrogen (secondary N) is 1. The molecule has 8 heteroatoms. The second kappa shape index (κ2) is 9.52. The van der Waals surface area contributed by atoms with Crippen molar-refractivity contribution in [2.75, 3.05) is 19.8 Å². The van der Waals surface area contributed by atoms with Crippen molar-refractivity contribution in [3.8, 4) is 11.8 Å². The lowest BCUT2D eigenvalue weighted by Crippen LogP contribution is -2.23. The van der Waals surface area contributed by atoms with Crippen molar-refractivity contribution in [1.82, 2.24) is 4.72 Å². The summed E-state index contributed by atoms with van der Waals surface area (Å²) >= 11 is 0. The summed E-state index contributed by atoms with van der Waals surface area (Å²) in [6, 6.07) is 14.0. The Labute approximate surface area is 157 Å². The lowest BCUT2D eigenvalue weighted by atomic mass is 10.2. The molecule has 2 aromatic rings. The third-order valence-corrected chi connectivity index (χ3v) is 4.83. The van der Waals surface area contributed by atoms with Crippen LogP contribution in [-0.4, -0.2) is 34.1 Å². The maximum Gasteiger partial charge on any atom is 0.338 e. The van der Waals surface area contributed by atoms with Gasteiger partial charge < -0.3 is 9.47 Å². The number of nitriles is 1. The molecule has 0 atom stereocenters. The minimum absolute atomic E-state index is 0.0276. The Bertz CT molecular complexity index is 930. The molecule has 0 radical (unpaired) electrons. The van der Waals surface area contributed by atoms with Crippen LogP contribution in [0.1, 0.15) is 15.9 Å². The average Bonchev–Trinajstić information content (AvgIpc) is 2.70. The predicted molar refractivity (Wildman–Crippen MR) is 98.8 cm³/mol. The van der Waals surface area contributed by atoms with Gasteiger partial charge in [-0.05, 0) is 48.5 Å². The number of nitrogens with zero attached hydrogens (tertiary/aromatic N) is 1. The van der Waals surface area contributed by atoms with E-state index in [4.69, 9.17) is 14.7 Å². The first-order chi connectivity index (χ1) is 13.0. The second-order valence-corrected chi connectivity index (χ2v) is 7.05. The van der Waals surface area contributed by atoms with Gasteiger partial charge in [0.2, 0.25) is 10.0 Å². The van der Waals surface area contributed by atoms with Gasteiger partial charge in [0, 0.05) is 6.54 Å². The summed E-state index contributed by atoms with van der Waals surface area (Å²) in [5.74, 6) is -0.0203. The molecule has 0 bridgehead atoms. The summed E-state index contributed by atoms with van der Waals surface area (Å²) in [5.41, 5.74) is 0.759. The fraction of sp³-hybridized carbons (Fsp3) is 0.158. The van der Waals surface area contributed by atoms with Crippen molar-refractivity contribution in [3.63, 3.8) is 0 Å². The van der Waals surface area contributed by atoms with E-state index >= 15 is 0 Å². The molecule has 0 fully saturated rings. The van der Waals surface area contributed by atoms with Gasteiger partial charge in [0.15, 0.2) is 0 Å². The third-order valence-electron chi connectivity index (χ3n) is 3.39. The number of esters is 1. The highest BCUT2D eigenvalue weighted by Crippen LogP contribution is 2.13. The van der Waals surface area contributed by atoms with Gasteiger partial charge in [-0.1, -0.05) is 6.08 Å². The highest BCUT2D eigenvalue weighted by Gasteiger charge is 2.14. The van der Waals surface area contributed by atoms with E-state index in [1.165, 1.54) is 30.3 Å². The number of hydrogen-bond acceptors (Lipinski definition) is 6. The summed E-state index contributed by atoms with van der Waals surface area (Å²) < 4.78 is 36.7. The summed E-state index contributed by atoms with van der Waals surface area (Å²) in [6.07, 6.45) is 1.43. The van der Waals surface area contributed by atoms with Crippen LogP contribution in [0.25, 0.3) is 0 Å². The fourth-order valence-corrected chi connectivity index (χ4v) is 3.02. The van der Waals surface area contributed by atoms with Crippen LogP contribution in [0.4, 0.5) is 0 Å². The Morgan fingerprint density at radius 1 is 1.11 bits per heavy atom. The van der Waals surface area contributed by atoms with E-state index in [0.29, 0.717) is 11.3 Å². The van der Waals surface area contributed by atoms with E-state index in [1.807, 2.05) is 6.07 Å². The molecular formula is C19H18N2O5S. The average molecular weight is 386 g/mol. The van der Waals surface area contributed by atoms with E-state index in [-0.39, 0.29) is 30.2 Å². The van der Waals surface area contributed by atoms with Gasteiger partial charge in [-0.25, -0.2) is 17.9 Å². The SMILES string of the molecule is C=CCNS(=O)(=O)c1ccc(C(=O)OCCOc2ccc(C#N)cc2)cc1. The first kappa shape index (κ1) is 20.2. The summed E-state index contributed by atoms with van der Waals surface area (Å²) in [6.45, 7) is 3.74. The molecule has 2 aromatic carbocycles. The van der Waals surface area contributed by atoms with Crippen molar-refractivity contribution in [2.45, 2.75) is 4.90 Å². The molecule has 0 aliphatic heterocycles. The highest BCUT2D eigenvalue weighted by atomic mass is 32.2. The van der Waals surface area contributed by atoms with Gasteiger partial charge in [-0.2, -0.15) is 5.26 Å². The van der Waals surface area contributed by atoms with Crippen molar-refractivity contribution in [2.24, 2.45) is 0 Å². The first-order valence-electron chi connectivity index (χ1n) is 7.97. The minimum atomic E-state index is -3.63. The number of sulfonamides is 1. The molecule has 0 aromatic heterocycles. The van der Waals surface area contributed by atoms with Crippen LogP contribution in [0.15, 0.2) is 66.1 Å². The molecule has 2 rings (SSSR count). The predicted octanol–water partition coefficient (Wildman–Crippen LogP) is 2.26. The molecule has 140 valence electrons. The molecule has 27 heavy (non-hydrogen) atoms. The molecule has 0 amide bonds. The third kappa shape index (κ3) is 5.95. The molecule has 0 aliphatic carbocycles. The number of ether oxygens (including phenoxy) is 2. The van der Waals surface area contributed by atoms with E-state index < -0.39 is 16.0 Å². The van der Waals surface area contributed by atoms with Crippen molar-refractivity contribution in [3.05, 3.63) is 72.3 Å². The fourth-order valence-electron chi connectivity index (χ4n) is 2.03. The Balaban J connectivity index is 1.83. The lowest BCUT2D eigenvalue weighted by Gasteiger charge is -2.08. The van der Waals surface area contributed by atoms with Crippen LogP contribution in [0.2, 0.25) is 0 Å². The zero-order valence-electron chi connectivity index (χ0n) is 14.4. The normalized spacial score (nSPS) is 10.6. The topological polar surface area (TPSA) is 105 Å². The van der Waals surface area contributed by atoms with Gasteiger partial charge in [-0.3, -0.25) is 0 Å². The van der Waals surface area contributed by atoms with Crippen LogP contribution in [0.5, 0.6) is 5.75 Å². The standard InChI is InChI=1S/C19H18N2O5S/c1-2-11-21-27(23,24)18-9-5-16(6-10-18)19(22)26-13-12-25-17-7-3-15(14-20)4-8-17/h2-10,21H,1,11-13H2. The number of rotatable bonds is 9. The maximum absolute atomic E-state index is 12.0. The lowest BCUT2D eigenvalue weighted by molar-refractivity contribution is 0.0450. The molecule has 0 aliphatic rings. The van der Waals surface area contributed by atoms with E-state index in [9.17, 15) is 13.2 Å². The number of benzene rings is 2. The second-order valence-electron chi connectivity index (χ2n) is 5.29. The zero-order chi connectivity index (χ0) is 19.7. The smallest absolute Gasteiger partial charge is 0.338 e. The zero-order valence-corrected chi connectivity index (χ0v) is 15.2. The maximum atomic E-state index is 12.0. The van der Waals surface area contributed by atoms with Crippen molar-refractivity contribution < 1.29 is 22.7 Å². The van der Waals surface area contributed by atoms with Crippen molar-refractivity contribution in [1.29, 1.82) is 5.26 Å². The molecule has 0 saturated heterocycles. The molecule has 0 spiro atoms. The summed E-state index contributed by atoms with van der Waals surface area (Å²) in [4.78, 5) is 12.0. The Morgan fingerprint density at radius 3 is 2.37 bits per heavy atom. The molecule has 0 saturated carbocycles. The van der Waals surface area contributed by atoms with Crippen LogP contribution in [0, 0.1) is 11.3 Å². The Kier molecular flexibility index (Phi) is 7.11. The molecular weight excluding hydrogens is 368 g/mol. The van der Waals surface area contributed by atoms with Gasteiger partial charge in [0.1, 0.15) is 19.0 Å². The van der Waals surface area contributed by atoms with Gasteiger partial charge in [0.25, 0.3) is 0 Å². The summed E-state index contributed by atoms with van der Waals surface area (Å²) in [5, 5.41) is 8.72. The van der Waals surface area contributed by atoms with E-state index in [1.54, 1.807) is 24.3 Å². The number of carbonyl (C=O) groups is 1. The van der Waals surface area contributed by atoms with Crippen LogP contribution < -0.4 is 9.46 Å². The first-order valence-corrected chi connectivity index (χ1v) is 9.45. The van der Waals surface area contributed by atoms with E-state index in [0.717, 1.165) is 0 Å². The quantitative estimate of drug-likeness (QED) is 0.403. The van der Waals surface area contributed by atoms with E-state index in [2.05, 4.69) is 11.3 Å². The largest absolute Gasteiger partial charge is 0.490 e. The minimum Gasteiger partial charge on any atom is -0.490 e. The molecule has 0 unspecified atom stereocenters. The van der Waals surface area contributed by atoms with Gasteiger partial charge in [0.05, 0.1) is 22.1 Å².